The van der Waals surface area contributed by atoms with Gasteiger partial charge in [-0.2, -0.15) is 0 Å². The smallest absolute Gasteiger partial charge is 0.257 e. The van der Waals surface area contributed by atoms with Crippen molar-refractivity contribution in [2.24, 2.45) is 5.73 Å². The lowest BCUT2D eigenvalue weighted by Crippen LogP contribution is -2.19. The van der Waals surface area contributed by atoms with Gasteiger partial charge in [0, 0.05) is 5.02 Å². The van der Waals surface area contributed by atoms with Crippen molar-refractivity contribution in [2.45, 2.75) is 12.5 Å². The standard InChI is InChI=1S/C8H7ClF3N/c9-6-3-4(10)1-2-5(6)7(13)8(11)12/h1-3,7-8H,13H2/t7-/m0/s1. The maximum atomic E-state index is 12.5. The predicted molar refractivity (Wildman–Crippen MR) is 44.3 cm³/mol. The molecular formula is C8H7ClF3N. The van der Waals surface area contributed by atoms with E-state index in [0.29, 0.717) is 0 Å². The lowest BCUT2D eigenvalue weighted by molar-refractivity contribution is 0.116. The molecule has 0 spiro atoms. The maximum absolute atomic E-state index is 12.5. The molecule has 0 saturated carbocycles. The molecule has 1 atom stereocenters. The molecule has 1 nitrogen and oxygen atoms in total. The summed E-state index contributed by atoms with van der Waals surface area (Å²) in [5.74, 6) is -0.574. The van der Waals surface area contributed by atoms with E-state index in [1.54, 1.807) is 0 Å². The minimum atomic E-state index is -2.71. The highest BCUT2D eigenvalue weighted by Gasteiger charge is 2.19. The molecule has 5 heteroatoms. The third kappa shape index (κ3) is 2.35. The van der Waals surface area contributed by atoms with Crippen LogP contribution in [0.2, 0.25) is 5.02 Å². The zero-order chi connectivity index (χ0) is 10.0. The van der Waals surface area contributed by atoms with Gasteiger partial charge in [-0.1, -0.05) is 17.7 Å². The molecule has 0 saturated heterocycles. The summed E-state index contributed by atoms with van der Waals surface area (Å²) in [7, 11) is 0. The first-order valence-electron chi connectivity index (χ1n) is 3.51. The van der Waals surface area contributed by atoms with Gasteiger partial charge in [-0.25, -0.2) is 13.2 Å². The highest BCUT2D eigenvalue weighted by Crippen LogP contribution is 2.26. The SMILES string of the molecule is N[C@@H](c1ccc(F)cc1Cl)C(F)F. The Morgan fingerprint density at radius 3 is 2.38 bits per heavy atom. The van der Waals surface area contributed by atoms with Crippen molar-refractivity contribution in [3.63, 3.8) is 0 Å². The quantitative estimate of drug-likeness (QED) is 0.796. The molecule has 13 heavy (non-hydrogen) atoms. The topological polar surface area (TPSA) is 26.0 Å². The molecule has 72 valence electrons. The lowest BCUT2D eigenvalue weighted by atomic mass is 10.1. The minimum absolute atomic E-state index is 0.0538. The molecule has 2 N–H and O–H groups in total. The first kappa shape index (κ1) is 10.3. The average Bonchev–Trinajstić information content (AvgIpc) is 2.03. The number of hydrogen-bond donors (Lipinski definition) is 1. The zero-order valence-corrected chi connectivity index (χ0v) is 7.23. The fourth-order valence-electron chi connectivity index (χ4n) is 0.908. The second kappa shape index (κ2) is 3.98. The van der Waals surface area contributed by atoms with E-state index >= 15 is 0 Å². The number of alkyl halides is 2. The maximum Gasteiger partial charge on any atom is 0.257 e. The van der Waals surface area contributed by atoms with Gasteiger partial charge >= 0.3 is 0 Å². The van der Waals surface area contributed by atoms with Crippen LogP contribution in [-0.2, 0) is 0 Å². The molecule has 0 radical (unpaired) electrons. The van der Waals surface area contributed by atoms with Gasteiger partial charge in [0.2, 0.25) is 0 Å². The molecule has 1 aromatic carbocycles. The molecule has 0 aliphatic rings. The molecule has 0 amide bonds. The molecule has 0 heterocycles. The van der Waals surface area contributed by atoms with Crippen molar-refractivity contribution in [3.8, 4) is 0 Å². The van der Waals surface area contributed by atoms with Crippen LogP contribution in [0, 0.1) is 5.82 Å². The van der Waals surface area contributed by atoms with Crippen LogP contribution in [0.4, 0.5) is 13.2 Å². The second-order valence-electron chi connectivity index (χ2n) is 2.53. The van der Waals surface area contributed by atoms with Gasteiger partial charge in [0.05, 0.1) is 6.04 Å². The summed E-state index contributed by atoms with van der Waals surface area (Å²) in [6, 6.07) is 1.70. The highest BCUT2D eigenvalue weighted by molar-refractivity contribution is 6.31. The number of nitrogens with two attached hydrogens (primary N) is 1. The molecule has 1 rings (SSSR count). The van der Waals surface area contributed by atoms with E-state index in [2.05, 4.69) is 0 Å². The fraction of sp³-hybridized carbons (Fsp3) is 0.250. The number of halogens is 4. The Morgan fingerprint density at radius 2 is 1.92 bits per heavy atom. The Labute approximate surface area is 78.3 Å². The van der Waals surface area contributed by atoms with E-state index < -0.39 is 18.3 Å². The van der Waals surface area contributed by atoms with Crippen LogP contribution in [0.3, 0.4) is 0 Å². The summed E-state index contributed by atoms with van der Waals surface area (Å²) in [6.07, 6.45) is -2.71. The van der Waals surface area contributed by atoms with Crippen molar-refractivity contribution in [1.82, 2.24) is 0 Å². The molecular weight excluding hydrogens is 203 g/mol. The molecule has 0 bridgehead atoms. The zero-order valence-electron chi connectivity index (χ0n) is 6.48. The second-order valence-corrected chi connectivity index (χ2v) is 2.93. The van der Waals surface area contributed by atoms with Crippen LogP contribution in [0.15, 0.2) is 18.2 Å². The van der Waals surface area contributed by atoms with Gasteiger partial charge in [-0.3, -0.25) is 0 Å². The van der Waals surface area contributed by atoms with Gasteiger partial charge in [0.15, 0.2) is 0 Å². The van der Waals surface area contributed by atoms with Crippen LogP contribution < -0.4 is 5.73 Å². The van der Waals surface area contributed by atoms with Crippen molar-refractivity contribution >= 4 is 11.6 Å². The summed E-state index contributed by atoms with van der Waals surface area (Å²) in [4.78, 5) is 0. The van der Waals surface area contributed by atoms with Crippen molar-refractivity contribution in [1.29, 1.82) is 0 Å². The van der Waals surface area contributed by atoms with Crippen LogP contribution in [0.25, 0.3) is 0 Å². The highest BCUT2D eigenvalue weighted by atomic mass is 35.5. The third-order valence-electron chi connectivity index (χ3n) is 1.59. The van der Waals surface area contributed by atoms with Gasteiger partial charge < -0.3 is 5.73 Å². The van der Waals surface area contributed by atoms with Gasteiger partial charge in [0.1, 0.15) is 5.82 Å². The summed E-state index contributed by atoms with van der Waals surface area (Å²) in [5.41, 5.74) is 5.19. The molecule has 0 unspecified atom stereocenters. The average molecular weight is 210 g/mol. The number of hydrogen-bond acceptors (Lipinski definition) is 1. The van der Waals surface area contributed by atoms with Crippen LogP contribution in [0.5, 0.6) is 0 Å². The van der Waals surface area contributed by atoms with E-state index in [-0.39, 0.29) is 10.6 Å². The predicted octanol–water partition coefficient (Wildman–Crippen LogP) is 2.74. The largest absolute Gasteiger partial charge is 0.319 e. The Hall–Kier alpha value is -0.740. The van der Waals surface area contributed by atoms with Crippen LogP contribution >= 0.6 is 11.6 Å². The first-order valence-corrected chi connectivity index (χ1v) is 3.89. The Balaban J connectivity index is 3.01. The molecule has 0 aromatic heterocycles. The lowest BCUT2D eigenvalue weighted by Gasteiger charge is -2.11. The molecule has 0 fully saturated rings. The van der Waals surface area contributed by atoms with E-state index in [1.165, 1.54) is 0 Å². The monoisotopic (exact) mass is 209 g/mol. The van der Waals surface area contributed by atoms with Gasteiger partial charge in [0.25, 0.3) is 6.43 Å². The summed E-state index contributed by atoms with van der Waals surface area (Å²) >= 11 is 5.52. The van der Waals surface area contributed by atoms with Crippen LogP contribution in [0.1, 0.15) is 11.6 Å². The summed E-state index contributed by atoms with van der Waals surface area (Å²) in [6.45, 7) is 0. The number of benzene rings is 1. The summed E-state index contributed by atoms with van der Waals surface area (Å²) < 4.78 is 36.7. The number of rotatable bonds is 2. The third-order valence-corrected chi connectivity index (χ3v) is 1.92. The Morgan fingerprint density at radius 1 is 1.31 bits per heavy atom. The van der Waals surface area contributed by atoms with Crippen LogP contribution in [-0.4, -0.2) is 6.43 Å². The van der Waals surface area contributed by atoms with Crippen molar-refractivity contribution in [2.75, 3.05) is 0 Å². The summed E-state index contributed by atoms with van der Waals surface area (Å²) in [5, 5.41) is -0.0761. The molecule has 0 aliphatic heterocycles. The fourth-order valence-corrected chi connectivity index (χ4v) is 1.20. The van der Waals surface area contributed by atoms with E-state index in [4.69, 9.17) is 17.3 Å². The first-order chi connectivity index (χ1) is 6.02. The van der Waals surface area contributed by atoms with Gasteiger partial charge in [-0.05, 0) is 17.7 Å². The molecule has 1 aromatic rings. The van der Waals surface area contributed by atoms with Crippen molar-refractivity contribution < 1.29 is 13.2 Å². The Bertz CT molecular complexity index is 303. The normalized spacial score (nSPS) is 13.4. The van der Waals surface area contributed by atoms with Crippen molar-refractivity contribution in [3.05, 3.63) is 34.6 Å². The minimum Gasteiger partial charge on any atom is -0.319 e. The van der Waals surface area contributed by atoms with Gasteiger partial charge in [-0.15, -0.1) is 0 Å². The molecule has 0 aliphatic carbocycles. The van der Waals surface area contributed by atoms with E-state index in [9.17, 15) is 13.2 Å². The van der Waals surface area contributed by atoms with E-state index in [1.807, 2.05) is 0 Å². The van der Waals surface area contributed by atoms with E-state index in [0.717, 1.165) is 18.2 Å². The Kier molecular flexibility index (Phi) is 3.17.